The van der Waals surface area contributed by atoms with Crippen molar-refractivity contribution in [2.45, 2.75) is 32.6 Å². The molecule has 0 atom stereocenters. The van der Waals surface area contributed by atoms with Gasteiger partial charge in [-0.1, -0.05) is 18.2 Å². The van der Waals surface area contributed by atoms with Crippen LogP contribution in [0.5, 0.6) is 0 Å². The zero-order chi connectivity index (χ0) is 16.5. The van der Waals surface area contributed by atoms with Gasteiger partial charge in [-0.3, -0.25) is 4.79 Å². The molecule has 0 bridgehead atoms. The zero-order valence-corrected chi connectivity index (χ0v) is 14.1. The minimum Gasteiger partial charge on any atom is -0.350 e. The van der Waals surface area contributed by atoms with Gasteiger partial charge in [0.1, 0.15) is 6.54 Å². The molecule has 1 amide bonds. The molecule has 128 valence electrons. The van der Waals surface area contributed by atoms with Crippen LogP contribution in [0.25, 0.3) is 10.9 Å². The van der Waals surface area contributed by atoms with Crippen molar-refractivity contribution < 1.29 is 14.3 Å². The number of nitrogens with zero attached hydrogens (tertiary/aromatic N) is 2. The van der Waals surface area contributed by atoms with Crippen LogP contribution in [-0.4, -0.2) is 48.0 Å². The van der Waals surface area contributed by atoms with Crippen molar-refractivity contribution in [1.82, 2.24) is 9.47 Å². The summed E-state index contributed by atoms with van der Waals surface area (Å²) in [5.74, 6) is 0.622. The first-order valence-corrected chi connectivity index (χ1v) is 8.78. The molecule has 5 nitrogen and oxygen atoms in total. The van der Waals surface area contributed by atoms with Crippen molar-refractivity contribution in [2.75, 3.05) is 26.3 Å². The van der Waals surface area contributed by atoms with Crippen molar-refractivity contribution in [3.63, 3.8) is 0 Å². The number of aromatic nitrogens is 1. The first kappa shape index (κ1) is 15.7. The number of hydrogen-bond donors (Lipinski definition) is 0. The number of fused-ring (bicyclic) bond motifs is 1. The number of hydrogen-bond acceptors (Lipinski definition) is 3. The summed E-state index contributed by atoms with van der Waals surface area (Å²) in [5, 5.41) is 1.19. The van der Waals surface area contributed by atoms with Crippen LogP contribution in [0.3, 0.4) is 0 Å². The quantitative estimate of drug-likeness (QED) is 0.870. The lowest BCUT2D eigenvalue weighted by atomic mass is 9.96. The number of benzene rings is 1. The summed E-state index contributed by atoms with van der Waals surface area (Å²) in [7, 11) is 0. The fraction of sp³-hybridized carbons (Fsp3) is 0.526. The molecule has 4 rings (SSSR count). The smallest absolute Gasteiger partial charge is 0.242 e. The highest BCUT2D eigenvalue weighted by Gasteiger charge is 2.31. The van der Waals surface area contributed by atoms with E-state index in [2.05, 4.69) is 29.7 Å². The van der Waals surface area contributed by atoms with Crippen LogP contribution in [0.2, 0.25) is 0 Å². The molecule has 0 radical (unpaired) electrons. The fourth-order valence-electron chi connectivity index (χ4n) is 3.86. The molecule has 5 heteroatoms. The summed E-state index contributed by atoms with van der Waals surface area (Å²) in [5.41, 5.74) is 2.26. The second kappa shape index (κ2) is 6.57. The van der Waals surface area contributed by atoms with Gasteiger partial charge in [0.05, 0.1) is 13.2 Å². The van der Waals surface area contributed by atoms with E-state index < -0.39 is 0 Å². The number of carbonyl (C=O) groups is 1. The van der Waals surface area contributed by atoms with E-state index in [0.29, 0.717) is 25.7 Å². The summed E-state index contributed by atoms with van der Waals surface area (Å²) in [4.78, 5) is 14.7. The molecular weight excluding hydrogens is 304 g/mol. The minimum absolute atomic E-state index is 0.0575. The molecule has 0 unspecified atom stereocenters. The van der Waals surface area contributed by atoms with Crippen LogP contribution >= 0.6 is 0 Å². The highest BCUT2D eigenvalue weighted by molar-refractivity contribution is 5.84. The molecule has 0 aliphatic carbocycles. The number of rotatable bonds is 3. The van der Waals surface area contributed by atoms with Gasteiger partial charge < -0.3 is 18.9 Å². The highest BCUT2D eigenvalue weighted by Crippen LogP contribution is 2.26. The predicted octanol–water partition coefficient (Wildman–Crippen LogP) is 2.56. The van der Waals surface area contributed by atoms with Gasteiger partial charge in [-0.25, -0.2) is 0 Å². The summed E-state index contributed by atoms with van der Waals surface area (Å²) in [6.45, 7) is 5.47. The maximum absolute atomic E-state index is 12.7. The Balaban J connectivity index is 1.40. The Bertz CT molecular complexity index is 725. The molecule has 3 heterocycles. The molecule has 2 aliphatic rings. The van der Waals surface area contributed by atoms with Crippen molar-refractivity contribution in [3.8, 4) is 0 Å². The van der Waals surface area contributed by atoms with Crippen molar-refractivity contribution in [3.05, 3.63) is 36.0 Å². The Morgan fingerprint density at radius 2 is 1.88 bits per heavy atom. The Hall–Kier alpha value is -1.85. The molecule has 0 saturated carbocycles. The van der Waals surface area contributed by atoms with Gasteiger partial charge in [0.15, 0.2) is 6.29 Å². The van der Waals surface area contributed by atoms with E-state index in [1.165, 1.54) is 5.39 Å². The topological polar surface area (TPSA) is 43.7 Å². The molecule has 0 spiro atoms. The molecule has 2 saturated heterocycles. The largest absolute Gasteiger partial charge is 0.350 e. The van der Waals surface area contributed by atoms with E-state index in [9.17, 15) is 4.79 Å². The number of para-hydroxylation sites is 1. The molecular formula is C19H24N2O3. The van der Waals surface area contributed by atoms with Gasteiger partial charge in [-0.15, -0.1) is 0 Å². The second-order valence-electron chi connectivity index (χ2n) is 6.76. The molecule has 1 aromatic carbocycles. The first-order chi connectivity index (χ1) is 11.7. The van der Waals surface area contributed by atoms with Gasteiger partial charge in [-0.2, -0.15) is 0 Å². The van der Waals surface area contributed by atoms with Crippen LogP contribution in [0.15, 0.2) is 30.3 Å². The van der Waals surface area contributed by atoms with Crippen LogP contribution in [0, 0.1) is 12.8 Å². The minimum atomic E-state index is -0.0575. The molecule has 2 aliphatic heterocycles. The molecule has 2 aromatic rings. The number of piperidine rings is 1. The Morgan fingerprint density at radius 1 is 1.17 bits per heavy atom. The zero-order valence-electron chi connectivity index (χ0n) is 14.1. The Morgan fingerprint density at radius 3 is 2.62 bits per heavy atom. The van der Waals surface area contributed by atoms with E-state index in [1.54, 1.807) is 0 Å². The third kappa shape index (κ3) is 2.94. The van der Waals surface area contributed by atoms with Crippen molar-refractivity contribution in [2.24, 2.45) is 5.92 Å². The van der Waals surface area contributed by atoms with Crippen molar-refractivity contribution in [1.29, 1.82) is 0 Å². The van der Waals surface area contributed by atoms with Gasteiger partial charge in [-0.05, 0) is 37.3 Å². The average molecular weight is 328 g/mol. The predicted molar refractivity (Wildman–Crippen MR) is 91.7 cm³/mol. The van der Waals surface area contributed by atoms with Crippen LogP contribution in [0.1, 0.15) is 18.5 Å². The maximum Gasteiger partial charge on any atom is 0.242 e. The second-order valence-corrected chi connectivity index (χ2v) is 6.76. The monoisotopic (exact) mass is 328 g/mol. The number of amides is 1. The summed E-state index contributed by atoms with van der Waals surface area (Å²) >= 11 is 0. The highest BCUT2D eigenvalue weighted by atomic mass is 16.7. The molecule has 2 fully saturated rings. The van der Waals surface area contributed by atoms with E-state index in [-0.39, 0.29) is 12.2 Å². The van der Waals surface area contributed by atoms with Gasteiger partial charge in [0, 0.05) is 30.2 Å². The van der Waals surface area contributed by atoms with Crippen LogP contribution < -0.4 is 0 Å². The van der Waals surface area contributed by atoms with E-state index in [1.807, 2.05) is 17.0 Å². The number of aryl methyl sites for hydroxylation is 1. The third-order valence-corrected chi connectivity index (χ3v) is 5.24. The standard InChI is InChI=1S/C19H24N2O3/c1-14-12-16-4-2-3-5-17(16)21(14)13-18(22)20-8-6-15(7-9-20)19-23-10-11-24-19/h2-5,12,15,19H,6-11,13H2,1H3. The average Bonchev–Trinajstić information content (AvgIpc) is 3.24. The lowest BCUT2D eigenvalue weighted by Crippen LogP contribution is -2.42. The first-order valence-electron chi connectivity index (χ1n) is 8.78. The van der Waals surface area contributed by atoms with Crippen molar-refractivity contribution >= 4 is 16.8 Å². The van der Waals surface area contributed by atoms with Gasteiger partial charge in [0.2, 0.25) is 5.91 Å². The number of carbonyl (C=O) groups excluding carboxylic acids is 1. The summed E-state index contributed by atoms with van der Waals surface area (Å²) in [6, 6.07) is 10.4. The lowest BCUT2D eigenvalue weighted by molar-refractivity contribution is -0.137. The van der Waals surface area contributed by atoms with Crippen LogP contribution in [-0.2, 0) is 20.8 Å². The van der Waals surface area contributed by atoms with Crippen LogP contribution in [0.4, 0.5) is 0 Å². The Labute approximate surface area is 142 Å². The normalized spacial score (nSPS) is 20.1. The molecule has 24 heavy (non-hydrogen) atoms. The third-order valence-electron chi connectivity index (χ3n) is 5.24. The summed E-state index contributed by atoms with van der Waals surface area (Å²) < 4.78 is 13.3. The molecule has 1 aromatic heterocycles. The van der Waals surface area contributed by atoms with Gasteiger partial charge in [0.25, 0.3) is 0 Å². The number of ether oxygens (including phenoxy) is 2. The molecule has 0 N–H and O–H groups in total. The Kier molecular flexibility index (Phi) is 4.29. The maximum atomic E-state index is 12.7. The fourth-order valence-corrected chi connectivity index (χ4v) is 3.86. The number of likely N-dealkylation sites (tertiary alicyclic amines) is 1. The summed E-state index contributed by atoms with van der Waals surface area (Å²) in [6.07, 6.45) is 1.86. The van der Waals surface area contributed by atoms with E-state index in [4.69, 9.17) is 9.47 Å². The lowest BCUT2D eigenvalue weighted by Gasteiger charge is -2.34. The van der Waals surface area contributed by atoms with E-state index >= 15 is 0 Å². The van der Waals surface area contributed by atoms with E-state index in [0.717, 1.165) is 37.1 Å². The van der Waals surface area contributed by atoms with Gasteiger partial charge >= 0.3 is 0 Å². The SMILES string of the molecule is Cc1cc2ccccc2n1CC(=O)N1CCC(C2OCCO2)CC1.